The van der Waals surface area contributed by atoms with Gasteiger partial charge in [0, 0.05) is 50.4 Å². The topological polar surface area (TPSA) is 82.1 Å². The van der Waals surface area contributed by atoms with Crippen LogP contribution >= 0.6 is 0 Å². The lowest BCUT2D eigenvalue weighted by Gasteiger charge is -2.36. The van der Waals surface area contributed by atoms with E-state index in [0.29, 0.717) is 39.3 Å². The van der Waals surface area contributed by atoms with Gasteiger partial charge in [-0.1, -0.05) is 18.2 Å². The summed E-state index contributed by atoms with van der Waals surface area (Å²) in [4.78, 5) is 33.5. The lowest BCUT2D eigenvalue weighted by molar-refractivity contribution is -0.132. The number of likely N-dealkylation sites (N-methyl/N-ethyl adjacent to an activating group) is 1. The molecule has 0 radical (unpaired) electrons. The number of anilines is 1. The molecule has 0 bridgehead atoms. The number of carbonyl (C=O) groups is 2. The molecular weight excluding hydrogens is 487 g/mol. The maximum absolute atomic E-state index is 13.7. The second-order valence-electron chi connectivity index (χ2n) is 9.42. The van der Waals surface area contributed by atoms with Crippen LogP contribution in [0.4, 0.5) is 10.2 Å². The van der Waals surface area contributed by atoms with Gasteiger partial charge in [0.05, 0.1) is 12.8 Å². The summed E-state index contributed by atoms with van der Waals surface area (Å²) >= 11 is 0. The Hall–Kier alpha value is -4.05. The molecule has 1 aromatic heterocycles. The van der Waals surface area contributed by atoms with E-state index in [9.17, 15) is 14.0 Å². The molecule has 200 valence electrons. The van der Waals surface area contributed by atoms with Crippen molar-refractivity contribution in [3.05, 3.63) is 72.0 Å². The molecule has 1 fully saturated rings. The van der Waals surface area contributed by atoms with Crippen LogP contribution in [0.5, 0.6) is 5.75 Å². The normalized spacial score (nSPS) is 13.5. The number of hydrogen-bond acceptors (Lipinski definition) is 7. The van der Waals surface area contributed by atoms with Crippen LogP contribution in [0.1, 0.15) is 10.4 Å². The summed E-state index contributed by atoms with van der Waals surface area (Å²) in [6.45, 7) is 3.12. The lowest BCUT2D eigenvalue weighted by Crippen LogP contribution is -2.52. The van der Waals surface area contributed by atoms with E-state index >= 15 is 0 Å². The number of halogens is 1. The number of methoxy groups -OCH3 is 1. The summed E-state index contributed by atoms with van der Waals surface area (Å²) in [6, 6.07) is 17.1. The van der Waals surface area contributed by atoms with Crippen LogP contribution in [-0.4, -0.2) is 104 Å². The largest absolute Gasteiger partial charge is 0.497 e. The molecule has 2 amide bonds. The Bertz CT molecular complexity index is 1250. The van der Waals surface area contributed by atoms with Gasteiger partial charge in [-0.3, -0.25) is 9.59 Å². The monoisotopic (exact) mass is 520 g/mol. The van der Waals surface area contributed by atoms with Crippen LogP contribution in [0.3, 0.4) is 0 Å². The zero-order valence-corrected chi connectivity index (χ0v) is 22.0. The van der Waals surface area contributed by atoms with E-state index in [-0.39, 0.29) is 23.9 Å². The predicted molar refractivity (Wildman–Crippen MR) is 144 cm³/mol. The molecule has 0 saturated carbocycles. The van der Waals surface area contributed by atoms with Gasteiger partial charge in [0.1, 0.15) is 18.1 Å². The molecule has 1 aliphatic rings. The Balaban J connectivity index is 1.35. The van der Waals surface area contributed by atoms with Gasteiger partial charge in [0.2, 0.25) is 5.91 Å². The first-order valence-electron chi connectivity index (χ1n) is 12.5. The second kappa shape index (κ2) is 12.5. The van der Waals surface area contributed by atoms with Crippen molar-refractivity contribution in [2.75, 3.05) is 71.9 Å². The van der Waals surface area contributed by atoms with Gasteiger partial charge in [0.25, 0.3) is 5.91 Å². The molecule has 0 spiro atoms. The molecule has 9 nitrogen and oxygen atoms in total. The van der Waals surface area contributed by atoms with Crippen LogP contribution < -0.4 is 9.64 Å². The van der Waals surface area contributed by atoms with Crippen molar-refractivity contribution < 1.29 is 18.7 Å². The number of rotatable bonds is 9. The Labute approximate surface area is 222 Å². The van der Waals surface area contributed by atoms with Crippen LogP contribution in [0.25, 0.3) is 11.3 Å². The number of ether oxygens (including phenoxy) is 1. The predicted octanol–water partition coefficient (Wildman–Crippen LogP) is 2.64. The first-order chi connectivity index (χ1) is 18.3. The van der Waals surface area contributed by atoms with Crippen LogP contribution in [-0.2, 0) is 4.79 Å². The Morgan fingerprint density at radius 3 is 2.37 bits per heavy atom. The molecule has 0 atom stereocenters. The smallest absolute Gasteiger partial charge is 0.254 e. The summed E-state index contributed by atoms with van der Waals surface area (Å²) in [5.41, 5.74) is 1.91. The molecule has 3 aromatic rings. The third-order valence-electron chi connectivity index (χ3n) is 6.47. The summed E-state index contributed by atoms with van der Waals surface area (Å²) in [6.07, 6.45) is 0. The summed E-state index contributed by atoms with van der Waals surface area (Å²) in [7, 11) is 5.43. The summed E-state index contributed by atoms with van der Waals surface area (Å²) < 4.78 is 19.0. The summed E-state index contributed by atoms with van der Waals surface area (Å²) in [5.74, 6) is 0.535. The minimum Gasteiger partial charge on any atom is -0.497 e. The van der Waals surface area contributed by atoms with Crippen molar-refractivity contribution in [1.82, 2.24) is 24.9 Å². The number of hydrogen-bond donors (Lipinski definition) is 0. The van der Waals surface area contributed by atoms with Crippen molar-refractivity contribution >= 4 is 17.6 Å². The highest BCUT2D eigenvalue weighted by Gasteiger charge is 2.26. The third kappa shape index (κ3) is 6.83. The van der Waals surface area contributed by atoms with E-state index in [2.05, 4.69) is 15.1 Å². The maximum Gasteiger partial charge on any atom is 0.254 e. The number of aromatic nitrogens is 2. The number of piperazine rings is 1. The lowest BCUT2D eigenvalue weighted by atomic mass is 10.1. The molecule has 2 aromatic carbocycles. The molecule has 10 heteroatoms. The fraction of sp³-hybridized carbons (Fsp3) is 0.357. The van der Waals surface area contributed by atoms with Crippen LogP contribution in [0.2, 0.25) is 0 Å². The minimum absolute atomic E-state index is 0.0573. The van der Waals surface area contributed by atoms with Crippen LogP contribution in [0.15, 0.2) is 60.7 Å². The van der Waals surface area contributed by atoms with Crippen molar-refractivity contribution in [3.63, 3.8) is 0 Å². The van der Waals surface area contributed by atoms with E-state index in [1.165, 1.54) is 23.1 Å². The van der Waals surface area contributed by atoms with Gasteiger partial charge >= 0.3 is 0 Å². The molecule has 0 N–H and O–H groups in total. The highest BCUT2D eigenvalue weighted by Crippen LogP contribution is 2.23. The van der Waals surface area contributed by atoms with E-state index in [4.69, 9.17) is 4.74 Å². The average molecular weight is 521 g/mol. The van der Waals surface area contributed by atoms with E-state index in [0.717, 1.165) is 22.8 Å². The number of benzene rings is 2. The first kappa shape index (κ1) is 27.0. The molecule has 0 aliphatic carbocycles. The Kier molecular flexibility index (Phi) is 8.85. The van der Waals surface area contributed by atoms with Gasteiger partial charge in [0.15, 0.2) is 5.82 Å². The highest BCUT2D eigenvalue weighted by atomic mass is 19.1. The van der Waals surface area contributed by atoms with Crippen molar-refractivity contribution in [2.24, 2.45) is 0 Å². The molecular formula is C28H33FN6O3. The molecule has 4 rings (SSSR count). The number of amides is 2. The standard InChI is InChI=1S/C28H33FN6O3/c1-32(2)12-13-35(28(37)22-7-4-8-23(29)18-22)20-27(36)34-16-14-33(15-17-34)26-11-10-25(30-31-26)21-6-5-9-24(19-21)38-3/h4-11,18-19H,12-17,20H2,1-3H3. The van der Waals surface area contributed by atoms with Gasteiger partial charge in [-0.2, -0.15) is 0 Å². The van der Waals surface area contributed by atoms with Gasteiger partial charge in [-0.15, -0.1) is 10.2 Å². The van der Waals surface area contributed by atoms with Crippen molar-refractivity contribution in [1.29, 1.82) is 0 Å². The Morgan fingerprint density at radius 2 is 1.71 bits per heavy atom. The van der Waals surface area contributed by atoms with E-state index in [1.807, 2.05) is 55.4 Å². The molecule has 1 saturated heterocycles. The fourth-order valence-electron chi connectivity index (χ4n) is 4.26. The zero-order valence-electron chi connectivity index (χ0n) is 22.0. The fourth-order valence-corrected chi connectivity index (χ4v) is 4.26. The summed E-state index contributed by atoms with van der Waals surface area (Å²) in [5, 5.41) is 8.78. The van der Waals surface area contributed by atoms with Gasteiger partial charge in [-0.05, 0) is 56.6 Å². The second-order valence-corrected chi connectivity index (χ2v) is 9.42. The van der Waals surface area contributed by atoms with Gasteiger partial charge < -0.3 is 24.3 Å². The maximum atomic E-state index is 13.7. The minimum atomic E-state index is -0.481. The number of nitrogens with zero attached hydrogens (tertiary/aromatic N) is 6. The molecule has 1 aliphatic heterocycles. The Morgan fingerprint density at radius 1 is 0.947 bits per heavy atom. The van der Waals surface area contributed by atoms with Gasteiger partial charge in [-0.25, -0.2) is 4.39 Å². The third-order valence-corrected chi connectivity index (χ3v) is 6.47. The van der Waals surface area contributed by atoms with E-state index in [1.54, 1.807) is 18.1 Å². The molecule has 0 unspecified atom stereocenters. The van der Waals surface area contributed by atoms with Crippen molar-refractivity contribution in [2.45, 2.75) is 0 Å². The molecule has 2 heterocycles. The van der Waals surface area contributed by atoms with Crippen LogP contribution in [0, 0.1) is 5.82 Å². The first-order valence-corrected chi connectivity index (χ1v) is 12.5. The highest BCUT2D eigenvalue weighted by molar-refractivity contribution is 5.96. The average Bonchev–Trinajstić information content (AvgIpc) is 2.95. The molecule has 38 heavy (non-hydrogen) atoms. The van der Waals surface area contributed by atoms with Crippen molar-refractivity contribution in [3.8, 4) is 17.0 Å². The SMILES string of the molecule is COc1cccc(-c2ccc(N3CCN(C(=O)CN(CCN(C)C)C(=O)c4cccc(F)c4)CC3)nn2)c1. The van der Waals surface area contributed by atoms with E-state index < -0.39 is 5.82 Å². The number of carbonyl (C=O) groups excluding carboxylic acids is 2. The quantitative estimate of drug-likeness (QED) is 0.429. The zero-order chi connectivity index (χ0) is 27.1.